The van der Waals surface area contributed by atoms with Crippen molar-refractivity contribution < 1.29 is 59.7 Å². The third kappa shape index (κ3) is 7.07. The SMILES string of the molecule is C1=Cc2cc3ccc(cc4nc(cc5ccc(cc1n2)[nH]5)C=C4)[nH]3.O=[S](=O)(O)[Co]([S](=O)(=O)O)([S](=O)(=O)O)[S](=O)(=O)Oc1ccccc1. The van der Waals surface area contributed by atoms with E-state index in [9.17, 15) is 33.7 Å². The zero-order chi connectivity index (χ0) is 34.3. The predicted octanol–water partition coefficient (Wildman–Crippen LogP) is 3.53. The summed E-state index contributed by atoms with van der Waals surface area (Å²) in [6, 6.07) is 21.7. The molecule has 0 atom stereocenters. The number of fused-ring (bicyclic) bond motifs is 8. The molecule has 0 spiro atoms. The number of nitrogens with zero attached hydrogens (tertiary/aromatic N) is 2. The van der Waals surface area contributed by atoms with Gasteiger partial charge < -0.3 is 9.97 Å². The van der Waals surface area contributed by atoms with Crippen LogP contribution in [0.25, 0.3) is 46.4 Å². The van der Waals surface area contributed by atoms with Crippen molar-refractivity contribution >= 4 is 80.7 Å². The first-order chi connectivity index (χ1) is 21.9. The molecule has 5 heterocycles. The van der Waals surface area contributed by atoms with E-state index in [4.69, 9.17) is 13.7 Å². The van der Waals surface area contributed by atoms with Crippen molar-refractivity contribution in [3.05, 3.63) is 102 Å². The second-order valence-electron chi connectivity index (χ2n) is 9.17. The Hall–Kier alpha value is -4.19. The number of hydrogen-bond acceptors (Lipinski definition) is 11. The van der Waals surface area contributed by atoms with E-state index in [1.807, 2.05) is 48.6 Å². The molecule has 0 amide bonds. The second kappa shape index (κ2) is 12.4. The molecular formula is C26H22CoN4O12S4. The number of benzene rings is 1. The van der Waals surface area contributed by atoms with E-state index in [-0.39, 0.29) is 0 Å². The summed E-state index contributed by atoms with van der Waals surface area (Å²) in [7, 11) is -33.2. The summed E-state index contributed by atoms with van der Waals surface area (Å²) in [5.41, 5.74) is 7.86. The van der Waals surface area contributed by atoms with Crippen LogP contribution in [-0.4, -0.2) is 67.3 Å². The Kier molecular flexibility index (Phi) is 9.04. The normalized spacial score (nSPS) is 13.9. The third-order valence-corrected chi connectivity index (χ3v) is 36.6. The third-order valence-electron chi connectivity index (χ3n) is 5.81. The molecule has 0 radical (unpaired) electrons. The molecule has 0 aliphatic carbocycles. The fourth-order valence-corrected chi connectivity index (χ4v) is 24.9. The summed E-state index contributed by atoms with van der Waals surface area (Å²) < 4.78 is 122. The number of para-hydroxylation sites is 1. The molecule has 8 bridgehead atoms. The van der Waals surface area contributed by atoms with Crippen LogP contribution in [0.4, 0.5) is 0 Å². The number of hydrogen-bond donors (Lipinski definition) is 5. The van der Waals surface area contributed by atoms with Gasteiger partial charge in [-0.15, -0.1) is 0 Å². The molecule has 0 unspecified atom stereocenters. The number of aromatic amines is 2. The summed E-state index contributed by atoms with van der Waals surface area (Å²) >= 11 is 0. The molecule has 0 saturated heterocycles. The second-order valence-corrected chi connectivity index (χ2v) is 30.8. The van der Waals surface area contributed by atoms with E-state index in [0.29, 0.717) is 0 Å². The molecular weight excluding hydrogens is 748 g/mol. The molecule has 6 rings (SSSR count). The molecule has 0 fully saturated rings. The summed E-state index contributed by atoms with van der Waals surface area (Å²) in [6.45, 7) is 0. The Morgan fingerprint density at radius 3 is 1.13 bits per heavy atom. The minimum absolute atomic E-state index is 0.743. The van der Waals surface area contributed by atoms with Crippen LogP contribution in [0.15, 0.2) is 78.9 Å². The van der Waals surface area contributed by atoms with Crippen LogP contribution in [0, 0.1) is 0 Å². The maximum atomic E-state index is 12.0. The number of H-pyrrole nitrogens is 2. The zero-order valence-electron chi connectivity index (χ0n) is 23.2. The van der Waals surface area contributed by atoms with Crippen molar-refractivity contribution in [2.45, 2.75) is 0 Å². The van der Waals surface area contributed by atoms with Gasteiger partial charge in [-0.25, -0.2) is 9.97 Å². The van der Waals surface area contributed by atoms with E-state index in [1.54, 1.807) is 0 Å². The van der Waals surface area contributed by atoms with Crippen molar-refractivity contribution in [1.82, 2.24) is 19.9 Å². The molecule has 16 nitrogen and oxygen atoms in total. The van der Waals surface area contributed by atoms with Gasteiger partial charge in [-0.05, 0) is 72.8 Å². The first-order valence-electron chi connectivity index (χ1n) is 12.6. The van der Waals surface area contributed by atoms with E-state index in [1.165, 1.54) is 6.07 Å². The van der Waals surface area contributed by atoms with E-state index in [0.717, 1.165) is 69.1 Å². The van der Waals surface area contributed by atoms with Gasteiger partial charge in [0.05, 0.1) is 22.8 Å². The minimum atomic E-state index is -7.06. The maximum absolute atomic E-state index is 12.0. The molecule has 21 heteroatoms. The summed E-state index contributed by atoms with van der Waals surface area (Å²) in [4.78, 5) is 16.0. The van der Waals surface area contributed by atoms with Crippen molar-refractivity contribution in [1.29, 1.82) is 0 Å². The summed E-state index contributed by atoms with van der Waals surface area (Å²) in [5.74, 6) is -0.743. The fourth-order valence-electron chi connectivity index (χ4n) is 4.09. The quantitative estimate of drug-likeness (QED) is 0.152. The Balaban J connectivity index is 0.000000185. The van der Waals surface area contributed by atoms with E-state index >= 15 is 0 Å². The molecule has 2 aliphatic heterocycles. The zero-order valence-corrected chi connectivity index (χ0v) is 27.5. The van der Waals surface area contributed by atoms with Crippen LogP contribution in [0.3, 0.4) is 0 Å². The van der Waals surface area contributed by atoms with E-state index in [2.05, 4.69) is 48.4 Å². The van der Waals surface area contributed by atoms with Crippen LogP contribution >= 0.6 is 0 Å². The average molecular weight is 770 g/mol. The van der Waals surface area contributed by atoms with Crippen molar-refractivity contribution in [2.24, 2.45) is 0 Å². The van der Waals surface area contributed by atoms with Crippen LogP contribution < -0.4 is 4.18 Å². The fraction of sp³-hybridized carbons (Fsp3) is 0. The van der Waals surface area contributed by atoms with Gasteiger partial charge in [-0.1, -0.05) is 0 Å². The van der Waals surface area contributed by atoms with Gasteiger partial charge in [0.25, 0.3) is 0 Å². The van der Waals surface area contributed by atoms with Gasteiger partial charge in [-0.3, -0.25) is 0 Å². The Morgan fingerprint density at radius 2 is 0.830 bits per heavy atom. The van der Waals surface area contributed by atoms with Gasteiger partial charge in [0.15, 0.2) is 0 Å². The summed E-state index contributed by atoms with van der Waals surface area (Å²) in [6.07, 6.45) is 8.09. The molecule has 4 aromatic rings. The van der Waals surface area contributed by atoms with Gasteiger partial charge in [0, 0.05) is 22.1 Å². The molecule has 251 valence electrons. The van der Waals surface area contributed by atoms with Gasteiger partial charge in [-0.2, -0.15) is 0 Å². The number of aromatic nitrogens is 4. The molecule has 47 heavy (non-hydrogen) atoms. The van der Waals surface area contributed by atoms with Gasteiger partial charge >= 0.3 is 130 Å². The average Bonchev–Trinajstić information content (AvgIpc) is 3.73. The van der Waals surface area contributed by atoms with E-state index < -0.39 is 48.3 Å². The van der Waals surface area contributed by atoms with Crippen molar-refractivity contribution in [3.63, 3.8) is 0 Å². The van der Waals surface area contributed by atoms with Crippen LogP contribution in [0.1, 0.15) is 22.8 Å². The Morgan fingerprint density at radius 1 is 0.511 bits per heavy atom. The predicted molar refractivity (Wildman–Crippen MR) is 169 cm³/mol. The van der Waals surface area contributed by atoms with Crippen LogP contribution in [-0.2, 0) is 42.5 Å². The van der Waals surface area contributed by atoms with Gasteiger partial charge in [0.2, 0.25) is 0 Å². The molecule has 5 N–H and O–H groups in total. The van der Waals surface area contributed by atoms with Gasteiger partial charge in [0.1, 0.15) is 0 Å². The van der Waals surface area contributed by atoms with Crippen molar-refractivity contribution in [3.8, 4) is 5.75 Å². The Bertz CT molecular complexity index is 2290. The monoisotopic (exact) mass is 769 g/mol. The number of rotatable bonds is 6. The molecule has 2 aliphatic rings. The summed E-state index contributed by atoms with van der Waals surface area (Å²) in [5, 5.41) is 0. The van der Waals surface area contributed by atoms with Crippen molar-refractivity contribution in [2.75, 3.05) is 0 Å². The number of nitrogens with one attached hydrogen (secondary N) is 2. The van der Waals surface area contributed by atoms with Crippen LogP contribution in [0.2, 0.25) is 0 Å². The molecule has 1 aromatic carbocycles. The topological polar surface area (TPSA) is 264 Å². The first-order valence-corrected chi connectivity index (χ1v) is 22.8. The molecule has 0 saturated carbocycles. The first kappa shape index (κ1) is 34.1. The van der Waals surface area contributed by atoms with Crippen LogP contribution in [0.5, 0.6) is 5.75 Å². The molecule has 3 aromatic heterocycles. The standard InChI is InChI=1S/C20H14N4.C6H5O3S.Co.3HO3S/c1-2-14-10-16-5-6-18(23-16)12-20-8-7-19(24-20)11-17-4-3-15(22-17)9-13(1)21-14;7-10(8)9-6-4-2-1-3-5-6;;3*1-4(2)3/h1-12,21,24H;1-5H;;3*(H,1,2,3). The Labute approximate surface area is 266 Å².